The number of aryl methyl sites for hydroxylation is 2. The summed E-state index contributed by atoms with van der Waals surface area (Å²) >= 11 is 0. The third kappa shape index (κ3) is 5.97. The molecule has 3 rings (SSSR count). The minimum atomic E-state index is -4.49. The Hall–Kier alpha value is -3.13. The van der Waals surface area contributed by atoms with Gasteiger partial charge in [-0.25, -0.2) is 0 Å². The molecule has 2 aromatic carbocycles. The van der Waals surface area contributed by atoms with Crippen LogP contribution in [0, 0.1) is 13.8 Å². The quantitative estimate of drug-likeness (QED) is 0.437. The Labute approximate surface area is 188 Å². The van der Waals surface area contributed by atoms with Crippen LogP contribution in [-0.4, -0.2) is 16.3 Å². The van der Waals surface area contributed by atoms with Crippen LogP contribution in [0.4, 0.5) is 18.9 Å². The molecule has 8 heteroatoms. The predicted molar refractivity (Wildman–Crippen MR) is 124 cm³/mol. The number of aromatic nitrogens is 1. The summed E-state index contributed by atoms with van der Waals surface area (Å²) in [5.74, 6) is -0.316. The van der Waals surface area contributed by atoms with Gasteiger partial charge in [0.05, 0.1) is 0 Å². The maximum absolute atomic E-state index is 12.6. The van der Waals surface area contributed by atoms with Gasteiger partial charge in [-0.15, -0.1) is 0 Å². The van der Waals surface area contributed by atoms with Gasteiger partial charge >= 0.3 is 6.18 Å². The zero-order chi connectivity index (χ0) is 23.3. The van der Waals surface area contributed by atoms with Gasteiger partial charge in [0.25, 0.3) is 5.91 Å². The molecule has 0 aliphatic rings. The standard InChI is InChI=1S/C24H24F3N3OS/c1-4-32(20-10-5-16(2)6-11-20)30-21-13-19(9-7-17(21)3)23(31)29-15-18-8-12-22(28-14-18)24(25,26)27/h4-14,30H,15H2,1-3H3,(H,29,31). The highest BCUT2D eigenvalue weighted by Gasteiger charge is 2.31. The molecule has 1 amide bonds. The van der Waals surface area contributed by atoms with E-state index in [1.54, 1.807) is 12.1 Å². The Balaban J connectivity index is 1.70. The van der Waals surface area contributed by atoms with Crippen LogP contribution in [0.2, 0.25) is 0 Å². The first-order chi connectivity index (χ1) is 15.2. The van der Waals surface area contributed by atoms with E-state index in [0.29, 0.717) is 11.1 Å². The van der Waals surface area contributed by atoms with Crippen LogP contribution in [0.1, 0.15) is 39.7 Å². The van der Waals surface area contributed by atoms with E-state index in [9.17, 15) is 18.0 Å². The topological polar surface area (TPSA) is 54.0 Å². The van der Waals surface area contributed by atoms with Crippen molar-refractivity contribution in [2.24, 2.45) is 0 Å². The predicted octanol–water partition coefficient (Wildman–Crippen LogP) is 6.12. The fourth-order valence-electron chi connectivity index (χ4n) is 2.91. The minimum absolute atomic E-state index is 0.0804. The second-order valence-corrected chi connectivity index (χ2v) is 9.07. The molecule has 0 spiro atoms. The smallest absolute Gasteiger partial charge is 0.348 e. The molecule has 3 aromatic rings. The molecule has 1 aromatic heterocycles. The summed E-state index contributed by atoms with van der Waals surface area (Å²) in [6.07, 6.45) is -3.37. The molecular weight excluding hydrogens is 435 g/mol. The van der Waals surface area contributed by atoms with Crippen LogP contribution < -0.4 is 10.0 Å². The Morgan fingerprint density at radius 1 is 1.06 bits per heavy atom. The van der Waals surface area contributed by atoms with Gasteiger partial charge in [-0.1, -0.05) is 40.5 Å². The minimum Gasteiger partial charge on any atom is -0.348 e. The van der Waals surface area contributed by atoms with E-state index in [1.165, 1.54) is 11.6 Å². The summed E-state index contributed by atoms with van der Waals surface area (Å²) in [6.45, 7) is 6.07. The van der Waals surface area contributed by atoms with Crippen LogP contribution in [-0.2, 0) is 12.7 Å². The summed E-state index contributed by atoms with van der Waals surface area (Å²) in [7, 11) is -0.336. The number of anilines is 1. The molecule has 0 saturated carbocycles. The number of amides is 1. The number of rotatable bonds is 6. The number of hydrogen-bond acceptors (Lipinski definition) is 3. The van der Waals surface area contributed by atoms with Crippen molar-refractivity contribution in [3.05, 3.63) is 88.7 Å². The van der Waals surface area contributed by atoms with E-state index in [4.69, 9.17) is 0 Å². The molecule has 32 heavy (non-hydrogen) atoms. The fraction of sp³-hybridized carbons (Fsp3) is 0.208. The molecule has 0 bridgehead atoms. The normalized spacial score (nSPS) is 12.4. The molecule has 0 saturated heterocycles. The average molecular weight is 460 g/mol. The number of carbonyl (C=O) groups excluding carboxylic acids is 1. The van der Waals surface area contributed by atoms with Crippen LogP contribution >= 0.6 is 10.7 Å². The number of carbonyl (C=O) groups is 1. The van der Waals surface area contributed by atoms with E-state index in [0.717, 1.165) is 28.4 Å². The lowest BCUT2D eigenvalue weighted by atomic mass is 10.1. The molecule has 0 fully saturated rings. The molecule has 168 valence electrons. The lowest BCUT2D eigenvalue weighted by molar-refractivity contribution is -0.141. The Morgan fingerprint density at radius 2 is 1.78 bits per heavy atom. The van der Waals surface area contributed by atoms with Gasteiger partial charge in [0.15, 0.2) is 0 Å². The molecule has 2 N–H and O–H groups in total. The highest BCUT2D eigenvalue weighted by molar-refractivity contribution is 8.16. The van der Waals surface area contributed by atoms with Gasteiger partial charge in [0.2, 0.25) is 0 Å². The van der Waals surface area contributed by atoms with Gasteiger partial charge in [0, 0.05) is 28.9 Å². The van der Waals surface area contributed by atoms with E-state index >= 15 is 0 Å². The maximum Gasteiger partial charge on any atom is 0.433 e. The molecule has 1 unspecified atom stereocenters. The van der Waals surface area contributed by atoms with E-state index in [1.807, 2.05) is 26.8 Å². The van der Waals surface area contributed by atoms with E-state index < -0.39 is 11.9 Å². The number of halogens is 3. The molecule has 4 nitrogen and oxygen atoms in total. The molecule has 1 heterocycles. The number of alkyl halides is 3. The van der Waals surface area contributed by atoms with E-state index in [2.05, 4.69) is 44.7 Å². The lowest BCUT2D eigenvalue weighted by Gasteiger charge is -2.16. The lowest BCUT2D eigenvalue weighted by Crippen LogP contribution is -2.23. The summed E-state index contributed by atoms with van der Waals surface area (Å²) < 4.78 is 41.4. The van der Waals surface area contributed by atoms with E-state index in [-0.39, 0.29) is 23.1 Å². The fourth-order valence-corrected chi connectivity index (χ4v) is 4.31. The summed E-state index contributed by atoms with van der Waals surface area (Å²) in [4.78, 5) is 17.2. The molecule has 0 aliphatic heterocycles. The summed E-state index contributed by atoms with van der Waals surface area (Å²) in [6, 6.07) is 15.9. The van der Waals surface area contributed by atoms with Crippen molar-refractivity contribution >= 4 is 27.6 Å². The monoisotopic (exact) mass is 459 g/mol. The summed E-state index contributed by atoms with van der Waals surface area (Å²) in [5, 5.41) is 4.81. The number of pyridine rings is 1. The van der Waals surface area contributed by atoms with Crippen molar-refractivity contribution in [3.63, 3.8) is 0 Å². The van der Waals surface area contributed by atoms with Crippen molar-refractivity contribution in [2.45, 2.75) is 38.4 Å². The molecule has 0 radical (unpaired) electrons. The second kappa shape index (κ2) is 9.99. The first-order valence-electron chi connectivity index (χ1n) is 9.94. The number of benzene rings is 2. The Morgan fingerprint density at radius 3 is 2.38 bits per heavy atom. The second-order valence-electron chi connectivity index (χ2n) is 7.25. The SMILES string of the molecule is C/C=S(\Nc1cc(C(=O)NCc2ccc(C(F)(F)F)nc2)ccc1C)c1ccc(C)cc1. The van der Waals surface area contributed by atoms with Crippen LogP contribution in [0.5, 0.6) is 0 Å². The first kappa shape index (κ1) is 23.5. The van der Waals surface area contributed by atoms with Gasteiger partial charge in [0.1, 0.15) is 5.69 Å². The third-order valence-electron chi connectivity index (χ3n) is 4.80. The van der Waals surface area contributed by atoms with Gasteiger partial charge < -0.3 is 10.0 Å². The van der Waals surface area contributed by atoms with Crippen molar-refractivity contribution in [2.75, 3.05) is 4.72 Å². The van der Waals surface area contributed by atoms with Crippen molar-refractivity contribution in [1.82, 2.24) is 10.3 Å². The molecule has 0 aliphatic carbocycles. The van der Waals surface area contributed by atoms with Crippen molar-refractivity contribution < 1.29 is 18.0 Å². The number of nitrogens with zero attached hydrogens (tertiary/aromatic N) is 1. The first-order valence-corrected chi connectivity index (χ1v) is 11.2. The Kier molecular flexibility index (Phi) is 7.35. The average Bonchev–Trinajstić information content (AvgIpc) is 2.77. The molecular formula is C24H24F3N3OS. The van der Waals surface area contributed by atoms with Gasteiger partial charge in [-0.2, -0.15) is 13.2 Å². The Bertz CT molecular complexity index is 1120. The maximum atomic E-state index is 12.6. The largest absolute Gasteiger partial charge is 0.433 e. The zero-order valence-electron chi connectivity index (χ0n) is 18.0. The van der Waals surface area contributed by atoms with Gasteiger partial charge in [-0.05, 0) is 67.6 Å². The van der Waals surface area contributed by atoms with Crippen LogP contribution in [0.3, 0.4) is 0 Å². The van der Waals surface area contributed by atoms with Crippen molar-refractivity contribution in [3.8, 4) is 0 Å². The third-order valence-corrected chi connectivity index (χ3v) is 6.49. The van der Waals surface area contributed by atoms with Gasteiger partial charge in [-0.3, -0.25) is 9.78 Å². The highest BCUT2D eigenvalue weighted by atomic mass is 32.2. The number of nitrogens with one attached hydrogen (secondary N) is 2. The summed E-state index contributed by atoms with van der Waals surface area (Å²) in [5.41, 5.74) is 3.01. The molecule has 1 atom stereocenters. The highest BCUT2D eigenvalue weighted by Crippen LogP contribution is 2.30. The van der Waals surface area contributed by atoms with Crippen molar-refractivity contribution in [1.29, 1.82) is 0 Å². The zero-order valence-corrected chi connectivity index (χ0v) is 18.8. The number of hydrogen-bond donors (Lipinski definition) is 2. The van der Waals surface area contributed by atoms with Crippen LogP contribution in [0.15, 0.2) is 65.7 Å². The van der Waals surface area contributed by atoms with Crippen LogP contribution in [0.25, 0.3) is 0 Å².